The summed E-state index contributed by atoms with van der Waals surface area (Å²) in [7, 11) is 0. The van der Waals surface area contributed by atoms with E-state index < -0.39 is 0 Å². The monoisotopic (exact) mass is 167 g/mol. The smallest absolute Gasteiger partial charge is 0.227 e. The molecule has 1 radical (unpaired) electrons. The van der Waals surface area contributed by atoms with Crippen molar-refractivity contribution in [2.24, 2.45) is 5.41 Å². The van der Waals surface area contributed by atoms with Gasteiger partial charge in [-0.3, -0.25) is 4.79 Å². The molecule has 1 unspecified atom stereocenters. The quantitative estimate of drug-likeness (QED) is 0.553. The zero-order valence-corrected chi connectivity index (χ0v) is 7.31. The number of carbonyl (C=O) groups is 1. The predicted octanol–water partition coefficient (Wildman–Crippen LogP) is 0.281. The summed E-state index contributed by atoms with van der Waals surface area (Å²) in [5.74, 6) is 0.247. The van der Waals surface area contributed by atoms with Crippen LogP contribution in [0, 0.1) is 5.41 Å². The van der Waals surface area contributed by atoms with Gasteiger partial charge in [0, 0.05) is 19.6 Å². The van der Waals surface area contributed by atoms with Gasteiger partial charge < -0.3 is 5.32 Å². The van der Waals surface area contributed by atoms with Crippen LogP contribution in [0.1, 0.15) is 25.7 Å². The maximum absolute atomic E-state index is 11.6. The van der Waals surface area contributed by atoms with Crippen molar-refractivity contribution in [2.45, 2.75) is 25.7 Å². The molecule has 2 rings (SSSR count). The van der Waals surface area contributed by atoms with Crippen LogP contribution in [0.25, 0.3) is 0 Å². The summed E-state index contributed by atoms with van der Waals surface area (Å²) in [6, 6.07) is 0. The van der Waals surface area contributed by atoms with E-state index in [1.807, 2.05) is 0 Å². The lowest BCUT2D eigenvalue weighted by atomic mass is 9.74. The Balaban J connectivity index is 2.09. The summed E-state index contributed by atoms with van der Waals surface area (Å²) in [5, 5.41) is 7.29. The van der Waals surface area contributed by atoms with Gasteiger partial charge in [0.1, 0.15) is 0 Å². The summed E-state index contributed by atoms with van der Waals surface area (Å²) >= 11 is 0. The second-order valence-electron chi connectivity index (χ2n) is 3.85. The number of hydrogen-bond donors (Lipinski definition) is 1. The molecule has 0 bridgehead atoms. The fourth-order valence-corrected chi connectivity index (χ4v) is 2.22. The van der Waals surface area contributed by atoms with E-state index in [2.05, 4.69) is 10.6 Å². The summed E-state index contributed by atoms with van der Waals surface area (Å²) in [4.78, 5) is 11.6. The van der Waals surface area contributed by atoms with Crippen LogP contribution in [0.4, 0.5) is 0 Å². The van der Waals surface area contributed by atoms with Crippen LogP contribution in [0.3, 0.4) is 0 Å². The molecule has 2 saturated heterocycles. The summed E-state index contributed by atoms with van der Waals surface area (Å²) in [6.07, 6.45) is 4.30. The van der Waals surface area contributed by atoms with E-state index in [0.29, 0.717) is 0 Å². The van der Waals surface area contributed by atoms with Crippen molar-refractivity contribution in [3.05, 3.63) is 0 Å². The van der Waals surface area contributed by atoms with Gasteiger partial charge in [-0.05, 0) is 25.7 Å². The van der Waals surface area contributed by atoms with Crippen LogP contribution >= 0.6 is 0 Å². The van der Waals surface area contributed by atoms with E-state index in [9.17, 15) is 4.79 Å². The number of carbonyl (C=O) groups excluding carboxylic acids is 1. The van der Waals surface area contributed by atoms with Gasteiger partial charge in [0.25, 0.3) is 0 Å². The van der Waals surface area contributed by atoms with Gasteiger partial charge in [-0.1, -0.05) is 0 Å². The first-order chi connectivity index (χ1) is 5.83. The highest BCUT2D eigenvalue weighted by atomic mass is 16.2. The molecule has 3 heteroatoms. The van der Waals surface area contributed by atoms with Crippen LogP contribution < -0.4 is 10.6 Å². The first kappa shape index (κ1) is 8.05. The normalized spacial score (nSPS) is 36.5. The van der Waals surface area contributed by atoms with E-state index >= 15 is 0 Å². The average Bonchev–Trinajstić information content (AvgIpc) is 2.12. The van der Waals surface area contributed by atoms with Gasteiger partial charge >= 0.3 is 0 Å². The SMILES string of the molecule is O=C1NCCCC12CCC[N]C2. The standard InChI is InChI=1S/C9H15N2O/c12-8-9(4-2-6-11-8)3-1-5-10-7-9/h1-7H2,(H,11,12). The maximum atomic E-state index is 11.6. The fraction of sp³-hybridized carbons (Fsp3) is 0.889. The Morgan fingerprint density at radius 2 is 2.17 bits per heavy atom. The summed E-state index contributed by atoms with van der Waals surface area (Å²) in [6.45, 7) is 2.58. The molecule has 1 amide bonds. The third-order valence-electron chi connectivity index (χ3n) is 2.99. The topological polar surface area (TPSA) is 43.2 Å². The largest absolute Gasteiger partial charge is 0.356 e. The minimum atomic E-state index is -0.101. The average molecular weight is 167 g/mol. The molecule has 2 aliphatic heterocycles. The maximum Gasteiger partial charge on any atom is 0.227 e. The van der Waals surface area contributed by atoms with E-state index in [1.165, 1.54) is 0 Å². The molecule has 0 aromatic heterocycles. The molecule has 3 nitrogen and oxygen atoms in total. The lowest BCUT2D eigenvalue weighted by molar-refractivity contribution is -0.134. The molecular formula is C9H15N2O. The Labute approximate surface area is 72.9 Å². The molecule has 0 aliphatic carbocycles. The highest BCUT2D eigenvalue weighted by Gasteiger charge is 2.41. The van der Waals surface area contributed by atoms with E-state index in [4.69, 9.17) is 0 Å². The number of nitrogens with zero attached hydrogens (tertiary/aromatic N) is 1. The molecule has 2 heterocycles. The molecule has 0 aromatic carbocycles. The number of rotatable bonds is 0. The second-order valence-corrected chi connectivity index (χ2v) is 3.85. The Bertz CT molecular complexity index is 177. The number of hydrogen-bond acceptors (Lipinski definition) is 1. The lowest BCUT2D eigenvalue weighted by Crippen LogP contribution is -2.51. The van der Waals surface area contributed by atoms with Crippen molar-refractivity contribution in [1.82, 2.24) is 10.6 Å². The van der Waals surface area contributed by atoms with Gasteiger partial charge in [0.05, 0.1) is 5.41 Å². The molecule has 0 aromatic rings. The number of nitrogens with one attached hydrogen (secondary N) is 1. The summed E-state index contributed by atoms with van der Waals surface area (Å²) in [5.41, 5.74) is -0.101. The van der Waals surface area contributed by atoms with Crippen LogP contribution in [-0.4, -0.2) is 25.5 Å². The van der Waals surface area contributed by atoms with Gasteiger partial charge in [-0.2, -0.15) is 0 Å². The zero-order chi connectivity index (χ0) is 8.44. The fourth-order valence-electron chi connectivity index (χ4n) is 2.22. The molecule has 12 heavy (non-hydrogen) atoms. The predicted molar refractivity (Wildman–Crippen MR) is 45.8 cm³/mol. The lowest BCUT2D eigenvalue weighted by Gasteiger charge is -2.38. The van der Waals surface area contributed by atoms with Crippen molar-refractivity contribution in [3.63, 3.8) is 0 Å². The van der Waals surface area contributed by atoms with E-state index in [-0.39, 0.29) is 11.3 Å². The highest BCUT2D eigenvalue weighted by molar-refractivity contribution is 5.83. The number of amides is 1. The second kappa shape index (κ2) is 3.05. The Hall–Kier alpha value is -0.570. The first-order valence-corrected chi connectivity index (χ1v) is 4.75. The molecule has 67 valence electrons. The minimum Gasteiger partial charge on any atom is -0.356 e. The molecule has 0 saturated carbocycles. The Kier molecular flexibility index (Phi) is 2.05. The summed E-state index contributed by atoms with van der Waals surface area (Å²) < 4.78 is 0. The molecule has 2 aliphatic rings. The van der Waals surface area contributed by atoms with Gasteiger partial charge in [0.2, 0.25) is 5.91 Å². The van der Waals surface area contributed by atoms with Crippen molar-refractivity contribution < 1.29 is 4.79 Å². The highest BCUT2D eigenvalue weighted by Crippen LogP contribution is 2.34. The number of piperidine rings is 2. The first-order valence-electron chi connectivity index (χ1n) is 4.75. The zero-order valence-electron chi connectivity index (χ0n) is 7.31. The minimum absolute atomic E-state index is 0.101. The third kappa shape index (κ3) is 1.22. The molecule has 1 N–H and O–H groups in total. The molecule has 2 fully saturated rings. The van der Waals surface area contributed by atoms with Crippen molar-refractivity contribution in [2.75, 3.05) is 19.6 Å². The third-order valence-corrected chi connectivity index (χ3v) is 2.99. The molecular weight excluding hydrogens is 152 g/mol. The molecule has 1 spiro atoms. The van der Waals surface area contributed by atoms with Gasteiger partial charge in [-0.25, -0.2) is 5.32 Å². The Morgan fingerprint density at radius 1 is 1.33 bits per heavy atom. The van der Waals surface area contributed by atoms with Crippen molar-refractivity contribution in [1.29, 1.82) is 0 Å². The van der Waals surface area contributed by atoms with Gasteiger partial charge in [-0.15, -0.1) is 0 Å². The van der Waals surface area contributed by atoms with Crippen LogP contribution in [0.15, 0.2) is 0 Å². The molecule has 1 atom stereocenters. The van der Waals surface area contributed by atoms with Crippen LogP contribution in [0.5, 0.6) is 0 Å². The van der Waals surface area contributed by atoms with E-state index in [1.54, 1.807) is 0 Å². The Morgan fingerprint density at radius 3 is 2.83 bits per heavy atom. The van der Waals surface area contributed by atoms with Crippen LogP contribution in [0.2, 0.25) is 0 Å². The van der Waals surface area contributed by atoms with Crippen LogP contribution in [-0.2, 0) is 4.79 Å². The van der Waals surface area contributed by atoms with E-state index in [0.717, 1.165) is 45.3 Å². The van der Waals surface area contributed by atoms with Gasteiger partial charge in [0.15, 0.2) is 0 Å². The van der Waals surface area contributed by atoms with Crippen molar-refractivity contribution in [3.8, 4) is 0 Å². The van der Waals surface area contributed by atoms with Crippen molar-refractivity contribution >= 4 is 5.91 Å².